The first kappa shape index (κ1) is 12.7. The molecule has 4 rings (SSSR count). The molecule has 3 aliphatic rings. The van der Waals surface area contributed by atoms with E-state index < -0.39 is 0 Å². The van der Waals surface area contributed by atoms with Crippen LogP contribution < -0.4 is 10.1 Å². The Labute approximate surface area is 121 Å². The monoisotopic (exact) mass is 272 g/mol. The SMILES string of the molecule is COc1ccc2c(c1)[C@@H]1C[C@@H]3NCCC[C@@H]3CN1CC2. The maximum Gasteiger partial charge on any atom is 0.119 e. The Morgan fingerprint density at radius 1 is 1.35 bits per heavy atom. The zero-order chi connectivity index (χ0) is 13.5. The molecule has 1 N–H and O–H groups in total. The number of hydrogen-bond acceptors (Lipinski definition) is 3. The molecule has 0 aromatic heterocycles. The van der Waals surface area contributed by atoms with E-state index in [-0.39, 0.29) is 0 Å². The number of rotatable bonds is 1. The quantitative estimate of drug-likeness (QED) is 0.849. The van der Waals surface area contributed by atoms with Crippen molar-refractivity contribution in [3.05, 3.63) is 29.3 Å². The maximum atomic E-state index is 5.43. The Bertz CT molecular complexity index is 502. The highest BCUT2D eigenvalue weighted by Crippen LogP contribution is 2.41. The van der Waals surface area contributed by atoms with Crippen molar-refractivity contribution in [1.29, 1.82) is 0 Å². The van der Waals surface area contributed by atoms with Crippen molar-refractivity contribution in [3.63, 3.8) is 0 Å². The molecule has 0 radical (unpaired) electrons. The first-order chi connectivity index (χ1) is 9.85. The summed E-state index contributed by atoms with van der Waals surface area (Å²) < 4.78 is 5.43. The molecule has 2 saturated heterocycles. The fraction of sp³-hybridized carbons (Fsp3) is 0.647. The standard InChI is InChI=1S/C17H24N2O/c1-20-14-5-4-12-6-8-19-11-13-3-2-7-18-16(13)10-17(19)15(12)9-14/h4-5,9,13,16-18H,2-3,6-8,10-11H2,1H3/t13-,16+,17+/m1/s1. The summed E-state index contributed by atoms with van der Waals surface area (Å²) in [5, 5.41) is 3.76. The maximum absolute atomic E-state index is 5.43. The predicted molar refractivity (Wildman–Crippen MR) is 80.1 cm³/mol. The van der Waals surface area contributed by atoms with E-state index >= 15 is 0 Å². The van der Waals surface area contributed by atoms with Crippen LogP contribution in [-0.2, 0) is 6.42 Å². The van der Waals surface area contributed by atoms with Crippen molar-refractivity contribution in [2.75, 3.05) is 26.7 Å². The summed E-state index contributed by atoms with van der Waals surface area (Å²) in [7, 11) is 1.77. The van der Waals surface area contributed by atoms with E-state index in [2.05, 4.69) is 28.4 Å². The van der Waals surface area contributed by atoms with Gasteiger partial charge < -0.3 is 10.1 Å². The number of methoxy groups -OCH3 is 1. The van der Waals surface area contributed by atoms with E-state index in [1.54, 1.807) is 7.11 Å². The smallest absolute Gasteiger partial charge is 0.119 e. The first-order valence-electron chi connectivity index (χ1n) is 7.99. The lowest BCUT2D eigenvalue weighted by Crippen LogP contribution is -2.54. The summed E-state index contributed by atoms with van der Waals surface area (Å²) in [4.78, 5) is 2.72. The van der Waals surface area contributed by atoms with Crippen LogP contribution in [0.5, 0.6) is 5.75 Å². The molecule has 0 saturated carbocycles. The van der Waals surface area contributed by atoms with Gasteiger partial charge in [0.15, 0.2) is 0 Å². The molecule has 20 heavy (non-hydrogen) atoms. The highest BCUT2D eigenvalue weighted by molar-refractivity contribution is 5.40. The molecule has 108 valence electrons. The highest BCUT2D eigenvalue weighted by atomic mass is 16.5. The Morgan fingerprint density at radius 3 is 3.20 bits per heavy atom. The van der Waals surface area contributed by atoms with Gasteiger partial charge in [-0.3, -0.25) is 4.90 Å². The molecule has 3 atom stereocenters. The minimum Gasteiger partial charge on any atom is -0.497 e. The van der Waals surface area contributed by atoms with Crippen molar-refractivity contribution in [3.8, 4) is 5.75 Å². The molecule has 0 amide bonds. The van der Waals surface area contributed by atoms with Gasteiger partial charge in [0.25, 0.3) is 0 Å². The van der Waals surface area contributed by atoms with Gasteiger partial charge in [-0.1, -0.05) is 6.07 Å². The van der Waals surface area contributed by atoms with Crippen LogP contribution in [0, 0.1) is 5.92 Å². The molecule has 3 heteroatoms. The van der Waals surface area contributed by atoms with Gasteiger partial charge in [-0.15, -0.1) is 0 Å². The van der Waals surface area contributed by atoms with E-state index in [9.17, 15) is 0 Å². The van der Waals surface area contributed by atoms with Gasteiger partial charge in [0.1, 0.15) is 5.75 Å². The Kier molecular flexibility index (Phi) is 3.20. The molecule has 0 unspecified atom stereocenters. The zero-order valence-electron chi connectivity index (χ0n) is 12.3. The number of benzene rings is 1. The summed E-state index contributed by atoms with van der Waals surface area (Å²) in [6, 6.07) is 7.98. The average Bonchev–Trinajstić information content (AvgIpc) is 2.52. The second-order valence-corrected chi connectivity index (χ2v) is 6.52. The largest absolute Gasteiger partial charge is 0.497 e. The second kappa shape index (κ2) is 5.05. The van der Waals surface area contributed by atoms with Gasteiger partial charge in [0, 0.05) is 25.2 Å². The highest BCUT2D eigenvalue weighted by Gasteiger charge is 2.39. The fourth-order valence-corrected chi connectivity index (χ4v) is 4.40. The summed E-state index contributed by atoms with van der Waals surface area (Å²) in [6.07, 6.45) is 5.22. The molecule has 0 spiro atoms. The van der Waals surface area contributed by atoms with E-state index in [0.29, 0.717) is 6.04 Å². The van der Waals surface area contributed by atoms with Crippen LogP contribution in [0.25, 0.3) is 0 Å². The third-order valence-electron chi connectivity index (χ3n) is 5.49. The molecular weight excluding hydrogens is 248 g/mol. The molecule has 3 nitrogen and oxygen atoms in total. The van der Waals surface area contributed by atoms with E-state index in [0.717, 1.165) is 17.7 Å². The number of piperidine rings is 2. The van der Waals surface area contributed by atoms with Crippen LogP contribution in [-0.4, -0.2) is 37.7 Å². The van der Waals surface area contributed by atoms with Crippen molar-refractivity contribution in [1.82, 2.24) is 10.2 Å². The minimum atomic E-state index is 0.598. The lowest BCUT2D eigenvalue weighted by Gasteiger charge is -2.49. The lowest BCUT2D eigenvalue weighted by molar-refractivity contribution is 0.0551. The van der Waals surface area contributed by atoms with Crippen molar-refractivity contribution >= 4 is 0 Å². The van der Waals surface area contributed by atoms with Crippen LogP contribution in [0.1, 0.15) is 36.4 Å². The number of fused-ring (bicyclic) bond motifs is 4. The summed E-state index contributed by atoms with van der Waals surface area (Å²) >= 11 is 0. The third kappa shape index (κ3) is 2.04. The number of ether oxygens (including phenoxy) is 1. The van der Waals surface area contributed by atoms with Gasteiger partial charge in [0.2, 0.25) is 0 Å². The number of hydrogen-bond donors (Lipinski definition) is 1. The molecule has 1 aromatic rings. The summed E-state index contributed by atoms with van der Waals surface area (Å²) in [6.45, 7) is 3.71. The average molecular weight is 272 g/mol. The molecule has 0 aliphatic carbocycles. The molecule has 3 heterocycles. The third-order valence-corrected chi connectivity index (χ3v) is 5.49. The van der Waals surface area contributed by atoms with Crippen molar-refractivity contribution < 1.29 is 4.74 Å². The topological polar surface area (TPSA) is 24.5 Å². The predicted octanol–water partition coefficient (Wildman–Crippen LogP) is 2.37. The Balaban J connectivity index is 1.65. The van der Waals surface area contributed by atoms with Crippen LogP contribution in [0.2, 0.25) is 0 Å². The van der Waals surface area contributed by atoms with Gasteiger partial charge in [0.05, 0.1) is 7.11 Å². The Hall–Kier alpha value is -1.06. The number of nitrogens with zero attached hydrogens (tertiary/aromatic N) is 1. The van der Waals surface area contributed by atoms with Crippen LogP contribution in [0.3, 0.4) is 0 Å². The van der Waals surface area contributed by atoms with E-state index in [1.807, 2.05) is 0 Å². The Morgan fingerprint density at radius 2 is 2.30 bits per heavy atom. The van der Waals surface area contributed by atoms with E-state index in [1.165, 1.54) is 56.4 Å². The van der Waals surface area contributed by atoms with Crippen LogP contribution in [0.4, 0.5) is 0 Å². The normalized spacial score (nSPS) is 33.0. The van der Waals surface area contributed by atoms with E-state index in [4.69, 9.17) is 4.74 Å². The second-order valence-electron chi connectivity index (χ2n) is 6.52. The van der Waals surface area contributed by atoms with Gasteiger partial charge in [-0.2, -0.15) is 0 Å². The van der Waals surface area contributed by atoms with Crippen LogP contribution >= 0.6 is 0 Å². The lowest BCUT2D eigenvalue weighted by atomic mass is 9.77. The first-order valence-corrected chi connectivity index (χ1v) is 7.99. The van der Waals surface area contributed by atoms with Crippen molar-refractivity contribution in [2.24, 2.45) is 5.92 Å². The zero-order valence-corrected chi connectivity index (χ0v) is 12.3. The molecule has 0 bridgehead atoms. The molecular formula is C17H24N2O. The van der Waals surface area contributed by atoms with Crippen LogP contribution in [0.15, 0.2) is 18.2 Å². The molecule has 3 aliphatic heterocycles. The molecule has 2 fully saturated rings. The summed E-state index contributed by atoms with van der Waals surface area (Å²) in [5.74, 6) is 1.87. The molecule has 1 aromatic carbocycles. The van der Waals surface area contributed by atoms with Gasteiger partial charge in [-0.25, -0.2) is 0 Å². The number of nitrogens with one attached hydrogen (secondary N) is 1. The van der Waals surface area contributed by atoms with Crippen molar-refractivity contribution in [2.45, 2.75) is 37.8 Å². The summed E-state index contributed by atoms with van der Waals surface area (Å²) in [5.41, 5.74) is 3.04. The minimum absolute atomic E-state index is 0.598. The van der Waals surface area contributed by atoms with Gasteiger partial charge in [-0.05, 0) is 61.4 Å². The fourth-order valence-electron chi connectivity index (χ4n) is 4.40. The van der Waals surface area contributed by atoms with Gasteiger partial charge >= 0.3 is 0 Å².